The summed E-state index contributed by atoms with van der Waals surface area (Å²) in [5, 5.41) is 0. The van der Waals surface area contributed by atoms with Gasteiger partial charge in [0, 0.05) is 35.2 Å². The summed E-state index contributed by atoms with van der Waals surface area (Å²) in [7, 11) is 3.08. The number of nitrogens with zero attached hydrogens (tertiary/aromatic N) is 8. The number of methoxy groups -OCH3 is 2. The van der Waals surface area contributed by atoms with Gasteiger partial charge in [-0.3, -0.25) is 0 Å². The minimum absolute atomic E-state index is 0.210. The SMILES string of the molecule is COc1cc(-c2nc(C(F)(F)F)cn2C(C)C)ccc1CN(CC#CC1CC1)c1ncnc(-c2c(OC)ncnc2C2CC2)n1. The zero-order valence-corrected chi connectivity index (χ0v) is 25.5. The second-order valence-corrected chi connectivity index (χ2v) is 11.5. The Morgan fingerprint density at radius 1 is 1.00 bits per heavy atom. The topological polar surface area (TPSA) is 104 Å². The lowest BCUT2D eigenvalue weighted by Gasteiger charge is -2.22. The van der Waals surface area contributed by atoms with Crippen molar-refractivity contribution < 1.29 is 22.6 Å². The highest BCUT2D eigenvalue weighted by Gasteiger charge is 2.35. The number of ether oxygens (including phenoxy) is 2. The molecule has 10 nitrogen and oxygen atoms in total. The van der Waals surface area contributed by atoms with Crippen LogP contribution in [0.25, 0.3) is 22.8 Å². The quantitative estimate of drug-likeness (QED) is 0.195. The summed E-state index contributed by atoms with van der Waals surface area (Å²) in [6.45, 7) is 4.28. The van der Waals surface area contributed by atoms with Crippen molar-refractivity contribution in [2.24, 2.45) is 5.92 Å². The van der Waals surface area contributed by atoms with Crippen LogP contribution in [-0.2, 0) is 12.7 Å². The van der Waals surface area contributed by atoms with E-state index < -0.39 is 11.9 Å². The number of rotatable bonds is 10. The smallest absolute Gasteiger partial charge is 0.434 e. The normalized spacial score (nSPS) is 14.7. The van der Waals surface area contributed by atoms with Gasteiger partial charge >= 0.3 is 6.18 Å². The highest BCUT2D eigenvalue weighted by molar-refractivity contribution is 5.66. The molecule has 4 aromatic rings. The van der Waals surface area contributed by atoms with Gasteiger partial charge in [0.2, 0.25) is 11.8 Å². The lowest BCUT2D eigenvalue weighted by atomic mass is 10.1. The minimum atomic E-state index is -4.56. The van der Waals surface area contributed by atoms with Crippen LogP contribution >= 0.6 is 0 Å². The van der Waals surface area contributed by atoms with E-state index in [0.717, 1.165) is 43.1 Å². The Balaban J connectivity index is 1.36. The third kappa shape index (κ3) is 6.69. The van der Waals surface area contributed by atoms with Gasteiger partial charge in [0.25, 0.3) is 0 Å². The Hall–Kier alpha value is -4.73. The van der Waals surface area contributed by atoms with E-state index in [0.29, 0.717) is 59.5 Å². The number of anilines is 1. The first-order chi connectivity index (χ1) is 21.7. The maximum atomic E-state index is 13.5. The second kappa shape index (κ2) is 12.3. The molecule has 234 valence electrons. The van der Waals surface area contributed by atoms with Crippen LogP contribution < -0.4 is 14.4 Å². The minimum Gasteiger partial charge on any atom is -0.496 e. The van der Waals surface area contributed by atoms with Crippen LogP contribution in [0, 0.1) is 17.8 Å². The molecule has 0 amide bonds. The van der Waals surface area contributed by atoms with E-state index in [1.807, 2.05) is 24.8 Å². The van der Waals surface area contributed by atoms with E-state index in [4.69, 9.17) is 14.5 Å². The molecule has 0 unspecified atom stereocenters. The molecular weight excluding hydrogens is 585 g/mol. The van der Waals surface area contributed by atoms with Crippen LogP contribution in [0.5, 0.6) is 11.6 Å². The lowest BCUT2D eigenvalue weighted by molar-refractivity contribution is -0.140. The maximum Gasteiger partial charge on any atom is 0.434 e. The van der Waals surface area contributed by atoms with Crippen LogP contribution in [0.2, 0.25) is 0 Å². The number of halogens is 3. The number of imidazole rings is 1. The third-order valence-electron chi connectivity index (χ3n) is 7.70. The summed E-state index contributed by atoms with van der Waals surface area (Å²) in [4.78, 5) is 28.4. The van der Waals surface area contributed by atoms with E-state index >= 15 is 0 Å². The van der Waals surface area contributed by atoms with Crippen molar-refractivity contribution in [2.75, 3.05) is 25.7 Å². The first-order valence-corrected chi connectivity index (χ1v) is 14.8. The van der Waals surface area contributed by atoms with Gasteiger partial charge in [-0.1, -0.05) is 24.0 Å². The van der Waals surface area contributed by atoms with Crippen LogP contribution in [0.4, 0.5) is 19.1 Å². The Morgan fingerprint density at radius 2 is 1.78 bits per heavy atom. The molecule has 0 aliphatic heterocycles. The Morgan fingerprint density at radius 3 is 2.44 bits per heavy atom. The van der Waals surface area contributed by atoms with Crippen LogP contribution in [0.3, 0.4) is 0 Å². The molecule has 45 heavy (non-hydrogen) atoms. The average molecular weight is 619 g/mol. The predicted octanol–water partition coefficient (Wildman–Crippen LogP) is 6.11. The third-order valence-corrected chi connectivity index (χ3v) is 7.70. The molecule has 0 atom stereocenters. The molecule has 2 aliphatic rings. The fraction of sp³-hybridized carbons (Fsp3) is 0.438. The fourth-order valence-electron chi connectivity index (χ4n) is 5.04. The highest BCUT2D eigenvalue weighted by atomic mass is 19.4. The van der Waals surface area contributed by atoms with E-state index in [1.165, 1.54) is 24.3 Å². The van der Waals surface area contributed by atoms with Crippen LogP contribution in [0.1, 0.15) is 68.4 Å². The highest BCUT2D eigenvalue weighted by Crippen LogP contribution is 2.45. The van der Waals surface area contributed by atoms with Crippen molar-refractivity contribution in [3.05, 3.63) is 54.0 Å². The van der Waals surface area contributed by atoms with Gasteiger partial charge in [0.05, 0.1) is 33.0 Å². The number of hydrogen-bond acceptors (Lipinski definition) is 9. The molecule has 13 heteroatoms. The summed E-state index contributed by atoms with van der Waals surface area (Å²) in [5.74, 6) is 9.17. The molecule has 0 bridgehead atoms. The molecule has 0 saturated heterocycles. The van der Waals surface area contributed by atoms with E-state index in [1.54, 1.807) is 19.2 Å². The zero-order chi connectivity index (χ0) is 31.7. The summed E-state index contributed by atoms with van der Waals surface area (Å²) >= 11 is 0. The van der Waals surface area contributed by atoms with E-state index in [2.05, 4.69) is 36.8 Å². The average Bonchev–Trinajstić information content (AvgIpc) is 3.98. The second-order valence-electron chi connectivity index (χ2n) is 11.5. The van der Waals surface area contributed by atoms with Crippen LogP contribution in [-0.4, -0.2) is 55.2 Å². The number of aromatic nitrogens is 7. The van der Waals surface area contributed by atoms with Crippen molar-refractivity contribution in [1.82, 2.24) is 34.5 Å². The standard InChI is InChI=1S/C32H33F3N8O2/c1-19(2)43-16-25(32(33,34)35)40-29(43)22-11-12-23(24(14-22)44-3)15-42(13-5-6-20-7-8-20)31-39-18-37-28(41-31)26-27(21-9-10-21)36-17-38-30(26)45-4/h11-12,14,16-21H,7-10,13,15H2,1-4H3. The molecule has 2 aliphatic carbocycles. The molecule has 0 spiro atoms. The molecule has 3 aromatic heterocycles. The van der Waals surface area contributed by atoms with Gasteiger partial charge < -0.3 is 18.9 Å². The molecule has 0 N–H and O–H groups in total. The van der Waals surface area contributed by atoms with Crippen molar-refractivity contribution in [3.63, 3.8) is 0 Å². The van der Waals surface area contributed by atoms with Crippen LogP contribution in [0.15, 0.2) is 37.1 Å². The number of benzene rings is 1. The van der Waals surface area contributed by atoms with E-state index in [9.17, 15) is 13.2 Å². The maximum absolute atomic E-state index is 13.5. The Kier molecular flexibility index (Phi) is 8.31. The van der Waals surface area contributed by atoms with Crippen molar-refractivity contribution in [3.8, 4) is 46.2 Å². The van der Waals surface area contributed by atoms with E-state index in [-0.39, 0.29) is 11.9 Å². The van der Waals surface area contributed by atoms with Gasteiger partial charge in [-0.15, -0.1) is 0 Å². The van der Waals surface area contributed by atoms with Gasteiger partial charge in [-0.05, 0) is 45.6 Å². The van der Waals surface area contributed by atoms with Crippen molar-refractivity contribution >= 4 is 5.95 Å². The summed E-state index contributed by atoms with van der Waals surface area (Å²) in [5.41, 5.74) is 1.84. The number of hydrogen-bond donors (Lipinski definition) is 0. The Bertz CT molecular complexity index is 1750. The summed E-state index contributed by atoms with van der Waals surface area (Å²) < 4.78 is 53.4. The fourth-order valence-corrected chi connectivity index (χ4v) is 5.04. The molecule has 0 radical (unpaired) electrons. The largest absolute Gasteiger partial charge is 0.496 e. The molecular formula is C32H33F3N8O2. The predicted molar refractivity (Wildman–Crippen MR) is 161 cm³/mol. The monoisotopic (exact) mass is 618 g/mol. The lowest BCUT2D eigenvalue weighted by Crippen LogP contribution is -2.26. The molecule has 2 fully saturated rings. The molecule has 3 heterocycles. The molecule has 1 aromatic carbocycles. The first kappa shape index (κ1) is 30.3. The molecule has 6 rings (SSSR count). The first-order valence-electron chi connectivity index (χ1n) is 14.8. The summed E-state index contributed by atoms with van der Waals surface area (Å²) in [6, 6.07) is 5.04. The number of alkyl halides is 3. The van der Waals surface area contributed by atoms with Crippen molar-refractivity contribution in [2.45, 2.75) is 64.2 Å². The van der Waals surface area contributed by atoms with Crippen molar-refractivity contribution in [1.29, 1.82) is 0 Å². The molecule has 2 saturated carbocycles. The zero-order valence-electron chi connectivity index (χ0n) is 25.5. The van der Waals surface area contributed by atoms with Gasteiger partial charge in [0.1, 0.15) is 29.8 Å². The Labute approximate surface area is 259 Å². The summed E-state index contributed by atoms with van der Waals surface area (Å²) in [6.07, 6.45) is 3.67. The van der Waals surface area contributed by atoms with Gasteiger partial charge in [0.15, 0.2) is 11.5 Å². The van der Waals surface area contributed by atoms with Gasteiger partial charge in [-0.25, -0.2) is 24.9 Å². The van der Waals surface area contributed by atoms with Gasteiger partial charge in [-0.2, -0.15) is 18.2 Å².